The molecule has 1 aromatic carbocycles. The molecule has 112 valence electrons. The zero-order valence-corrected chi connectivity index (χ0v) is 13.1. The van der Waals surface area contributed by atoms with Gasteiger partial charge >= 0.3 is 0 Å². The molecule has 0 aliphatic carbocycles. The van der Waals surface area contributed by atoms with Gasteiger partial charge in [0.2, 0.25) is 0 Å². The summed E-state index contributed by atoms with van der Waals surface area (Å²) >= 11 is 0. The van der Waals surface area contributed by atoms with E-state index in [-0.39, 0.29) is 0 Å². The first-order chi connectivity index (χ1) is 10.6. The average Bonchev–Trinajstić information content (AvgIpc) is 2.88. The molecule has 4 heteroatoms. The quantitative estimate of drug-likeness (QED) is 0.535. The van der Waals surface area contributed by atoms with Crippen molar-refractivity contribution in [1.29, 1.82) is 0 Å². The fourth-order valence-electron chi connectivity index (χ4n) is 2.34. The van der Waals surface area contributed by atoms with E-state index in [1.807, 2.05) is 6.92 Å². The normalized spacial score (nSPS) is 9.95. The van der Waals surface area contributed by atoms with Crippen molar-refractivity contribution in [1.82, 2.24) is 14.5 Å². The Morgan fingerprint density at radius 3 is 2.55 bits per heavy atom. The van der Waals surface area contributed by atoms with Crippen LogP contribution in [0.15, 0.2) is 49.4 Å². The first-order valence-corrected chi connectivity index (χ1v) is 6.99. The predicted molar refractivity (Wildman–Crippen MR) is 89.7 cm³/mol. The van der Waals surface area contributed by atoms with Crippen molar-refractivity contribution in [3.63, 3.8) is 0 Å². The molecule has 0 bridgehead atoms. The molecule has 3 rings (SSSR count). The molecular formula is C18H19N3O. The second-order valence-electron chi connectivity index (χ2n) is 4.98. The van der Waals surface area contributed by atoms with Gasteiger partial charge in [-0.25, -0.2) is 9.97 Å². The number of aromatic nitrogens is 3. The molecule has 0 saturated carbocycles. The van der Waals surface area contributed by atoms with Crippen molar-refractivity contribution in [3.8, 4) is 11.3 Å². The van der Waals surface area contributed by atoms with Gasteiger partial charge in [-0.05, 0) is 31.6 Å². The van der Waals surface area contributed by atoms with E-state index in [0.29, 0.717) is 6.29 Å². The highest BCUT2D eigenvalue weighted by Crippen LogP contribution is 2.30. The monoisotopic (exact) mass is 293 g/mol. The van der Waals surface area contributed by atoms with Gasteiger partial charge in [-0.3, -0.25) is 4.79 Å². The van der Waals surface area contributed by atoms with Gasteiger partial charge in [0, 0.05) is 35.4 Å². The van der Waals surface area contributed by atoms with Gasteiger partial charge in [0.15, 0.2) is 0 Å². The van der Waals surface area contributed by atoms with Crippen LogP contribution in [0.3, 0.4) is 0 Å². The number of carbonyl (C=O) groups is 1. The van der Waals surface area contributed by atoms with Gasteiger partial charge < -0.3 is 4.57 Å². The maximum absolute atomic E-state index is 9.06. The Labute approximate surface area is 130 Å². The van der Waals surface area contributed by atoms with E-state index < -0.39 is 0 Å². The number of fused-ring (bicyclic) bond motifs is 1. The number of hydrogen-bond acceptors (Lipinski definition) is 3. The highest BCUT2D eigenvalue weighted by molar-refractivity contribution is 5.95. The molecule has 0 aliphatic heterocycles. The minimum absolute atomic E-state index is 0.639. The van der Waals surface area contributed by atoms with Crippen LogP contribution < -0.4 is 0 Å². The molecule has 0 aliphatic rings. The van der Waals surface area contributed by atoms with Crippen molar-refractivity contribution in [3.05, 3.63) is 60.7 Å². The summed E-state index contributed by atoms with van der Waals surface area (Å²) in [5.74, 6) is 0. The Morgan fingerprint density at radius 2 is 1.86 bits per heavy atom. The van der Waals surface area contributed by atoms with Crippen molar-refractivity contribution in [2.24, 2.45) is 7.05 Å². The Kier molecular flexibility index (Phi) is 4.84. The smallest absolute Gasteiger partial charge is 0.142 e. The first-order valence-electron chi connectivity index (χ1n) is 6.99. The van der Waals surface area contributed by atoms with Crippen molar-refractivity contribution < 1.29 is 4.79 Å². The molecule has 0 spiro atoms. The third-order valence-electron chi connectivity index (χ3n) is 3.58. The maximum Gasteiger partial charge on any atom is 0.142 e. The zero-order chi connectivity index (χ0) is 16.1. The summed E-state index contributed by atoms with van der Waals surface area (Å²) in [4.78, 5) is 17.7. The third kappa shape index (κ3) is 2.96. The summed E-state index contributed by atoms with van der Waals surface area (Å²) < 4.78 is 2.14. The van der Waals surface area contributed by atoms with Crippen LogP contribution in [-0.2, 0) is 11.8 Å². The Bertz CT molecular complexity index is 812. The number of carbonyl (C=O) groups excluding carboxylic acids is 1. The summed E-state index contributed by atoms with van der Waals surface area (Å²) in [7, 11) is 2.06. The number of aryl methyl sites for hydroxylation is 2. The molecular weight excluding hydrogens is 274 g/mol. The van der Waals surface area contributed by atoms with E-state index in [2.05, 4.69) is 65.5 Å². The van der Waals surface area contributed by atoms with Crippen LogP contribution in [0.1, 0.15) is 11.3 Å². The molecule has 0 amide bonds. The fraction of sp³-hybridized carbons (Fsp3) is 0.167. The van der Waals surface area contributed by atoms with Crippen LogP contribution >= 0.6 is 0 Å². The van der Waals surface area contributed by atoms with Gasteiger partial charge in [-0.2, -0.15) is 0 Å². The van der Waals surface area contributed by atoms with Crippen LogP contribution in [0, 0.1) is 13.8 Å². The van der Waals surface area contributed by atoms with Crippen molar-refractivity contribution in [2.45, 2.75) is 13.8 Å². The van der Waals surface area contributed by atoms with Gasteiger partial charge in [-0.15, -0.1) is 0 Å². The molecule has 0 saturated heterocycles. The molecule has 2 aromatic heterocycles. The van der Waals surface area contributed by atoms with Crippen molar-refractivity contribution in [2.75, 3.05) is 0 Å². The molecule has 22 heavy (non-hydrogen) atoms. The molecule has 0 atom stereocenters. The molecule has 2 heterocycles. The topological polar surface area (TPSA) is 47.8 Å². The lowest BCUT2D eigenvalue weighted by atomic mass is 10.1. The standard InChI is InChI=1S/C15H15N3.C3H4O/c1-10-11(2)16-9-17-15(10)13-8-18(3)14-7-5-4-6-12(13)14;1-2-3-4/h4-9H,1-3H3;2-3H,1H2. The minimum Gasteiger partial charge on any atom is -0.350 e. The lowest BCUT2D eigenvalue weighted by Crippen LogP contribution is -1.93. The summed E-state index contributed by atoms with van der Waals surface area (Å²) in [6, 6.07) is 8.39. The van der Waals surface area contributed by atoms with Crippen LogP contribution in [0.5, 0.6) is 0 Å². The average molecular weight is 293 g/mol. The second kappa shape index (κ2) is 6.80. The van der Waals surface area contributed by atoms with Crippen LogP contribution in [0.25, 0.3) is 22.2 Å². The number of hydrogen-bond donors (Lipinski definition) is 0. The van der Waals surface area contributed by atoms with Gasteiger partial charge in [0.25, 0.3) is 0 Å². The molecule has 0 N–H and O–H groups in total. The zero-order valence-electron chi connectivity index (χ0n) is 13.1. The SMILES string of the molecule is C=CC=O.Cc1ncnc(-c2cn(C)c3ccccc23)c1C. The van der Waals surface area contributed by atoms with E-state index >= 15 is 0 Å². The lowest BCUT2D eigenvalue weighted by molar-refractivity contribution is -0.104. The highest BCUT2D eigenvalue weighted by Gasteiger charge is 2.12. The van der Waals surface area contributed by atoms with E-state index in [0.717, 1.165) is 17.0 Å². The molecule has 0 fully saturated rings. The number of benzene rings is 1. The predicted octanol–water partition coefficient (Wildman–Crippen LogP) is 3.62. The fourth-order valence-corrected chi connectivity index (χ4v) is 2.34. The first kappa shape index (κ1) is 15.6. The summed E-state index contributed by atoms with van der Waals surface area (Å²) in [6.07, 6.45) is 5.61. The second-order valence-corrected chi connectivity index (χ2v) is 4.98. The number of allylic oxidation sites excluding steroid dienone is 1. The Hall–Kier alpha value is -2.75. The molecule has 3 aromatic rings. The lowest BCUT2D eigenvalue weighted by Gasteiger charge is -2.05. The summed E-state index contributed by atoms with van der Waals surface area (Å²) in [6.45, 7) is 7.21. The van der Waals surface area contributed by atoms with Gasteiger partial charge in [0.1, 0.15) is 12.6 Å². The van der Waals surface area contributed by atoms with Gasteiger partial charge in [0.05, 0.1) is 5.69 Å². The summed E-state index contributed by atoms with van der Waals surface area (Å²) in [5.41, 5.74) is 5.61. The number of nitrogens with zero attached hydrogens (tertiary/aromatic N) is 3. The molecule has 0 radical (unpaired) electrons. The van der Waals surface area contributed by atoms with E-state index in [4.69, 9.17) is 4.79 Å². The minimum atomic E-state index is 0.639. The van der Waals surface area contributed by atoms with Crippen LogP contribution in [0.2, 0.25) is 0 Å². The molecule has 4 nitrogen and oxygen atoms in total. The largest absolute Gasteiger partial charge is 0.350 e. The molecule has 0 unspecified atom stereocenters. The van der Waals surface area contributed by atoms with E-state index in [1.165, 1.54) is 22.5 Å². The van der Waals surface area contributed by atoms with Crippen molar-refractivity contribution >= 4 is 17.2 Å². The van der Waals surface area contributed by atoms with Crippen LogP contribution in [-0.4, -0.2) is 20.8 Å². The third-order valence-corrected chi connectivity index (χ3v) is 3.58. The van der Waals surface area contributed by atoms with Gasteiger partial charge in [-0.1, -0.05) is 24.8 Å². The summed E-state index contributed by atoms with van der Waals surface area (Å²) in [5, 5.41) is 1.24. The number of rotatable bonds is 2. The van der Waals surface area contributed by atoms with E-state index in [1.54, 1.807) is 6.33 Å². The maximum atomic E-state index is 9.06. The highest BCUT2D eigenvalue weighted by atomic mass is 16.1. The number of para-hydroxylation sites is 1. The number of aldehydes is 1. The Balaban J connectivity index is 0.000000396. The Morgan fingerprint density at radius 1 is 1.18 bits per heavy atom. The van der Waals surface area contributed by atoms with Crippen LogP contribution in [0.4, 0.5) is 0 Å². The van der Waals surface area contributed by atoms with E-state index in [9.17, 15) is 0 Å².